The first kappa shape index (κ1) is 27.7. The van der Waals surface area contributed by atoms with Crippen LogP contribution in [0, 0.1) is 0 Å². The smallest absolute Gasteiger partial charge is 0.284 e. The molecule has 1 fully saturated rings. The number of alkyl halides is 2. The molecule has 13 nitrogen and oxygen atoms in total. The molecule has 0 bridgehead atoms. The van der Waals surface area contributed by atoms with E-state index in [1.54, 1.807) is 6.07 Å². The van der Waals surface area contributed by atoms with Crippen molar-refractivity contribution in [2.75, 3.05) is 24.7 Å². The first-order valence-electron chi connectivity index (χ1n) is 12.0. The summed E-state index contributed by atoms with van der Waals surface area (Å²) in [5.41, 5.74) is -1.63. The zero-order valence-electron chi connectivity index (χ0n) is 21.1. The number of pyridine rings is 1. The Balaban J connectivity index is 1.54. The van der Waals surface area contributed by atoms with Crippen LogP contribution in [0.1, 0.15) is 30.4 Å². The summed E-state index contributed by atoms with van der Waals surface area (Å²) < 4.78 is 80.6. The lowest BCUT2D eigenvalue weighted by molar-refractivity contribution is 0.149. The summed E-state index contributed by atoms with van der Waals surface area (Å²) in [6.07, 6.45) is 2.40. The van der Waals surface area contributed by atoms with Crippen molar-refractivity contribution in [2.24, 2.45) is 0 Å². The molecule has 17 heteroatoms. The van der Waals surface area contributed by atoms with E-state index in [1.165, 1.54) is 28.7 Å². The number of nitrogens with zero attached hydrogens (tertiary/aromatic N) is 7. The first-order chi connectivity index (χ1) is 18.9. The number of hydrogen-bond acceptors (Lipinski definition) is 10. The number of hydrogen-bond donors (Lipinski definition) is 1. The van der Waals surface area contributed by atoms with Crippen LogP contribution in [-0.4, -0.2) is 75.2 Å². The van der Waals surface area contributed by atoms with Gasteiger partial charge in [-0.2, -0.15) is 13.4 Å². The average Bonchev–Trinajstić information content (AvgIpc) is 3.46. The highest BCUT2D eigenvalue weighted by atomic mass is 32.2. The molecule has 0 radical (unpaired) electrons. The van der Waals surface area contributed by atoms with Gasteiger partial charge in [-0.15, -0.1) is 9.19 Å². The number of benzene rings is 1. The Morgan fingerprint density at radius 1 is 1.12 bits per heavy atom. The molecule has 0 saturated carbocycles. The van der Waals surface area contributed by atoms with Gasteiger partial charge in [-0.25, -0.2) is 31.5 Å². The lowest BCUT2D eigenvalue weighted by Gasteiger charge is -2.30. The second-order valence-electron chi connectivity index (χ2n) is 9.23. The van der Waals surface area contributed by atoms with E-state index in [0.29, 0.717) is 30.0 Å². The molecule has 1 aliphatic heterocycles. The normalized spacial score (nSPS) is 15.6. The SMILES string of the molecule is CS(=O)(=O)N1CCC(Nc2ncc3cc(C(F)F)c(=O)n(Cc4ccccc4S(=O)(=O)n4cncn4)c3n2)CC1. The Bertz CT molecular complexity index is 1820. The molecule has 0 atom stereocenters. The van der Waals surface area contributed by atoms with Gasteiger partial charge in [0.05, 0.1) is 23.3 Å². The number of fused-ring (bicyclic) bond motifs is 1. The number of nitrogens with one attached hydrogen (secondary N) is 1. The number of rotatable bonds is 8. The molecule has 4 aromatic rings. The van der Waals surface area contributed by atoms with Gasteiger partial charge in [0.2, 0.25) is 16.0 Å². The van der Waals surface area contributed by atoms with Gasteiger partial charge in [0.15, 0.2) is 0 Å². The second kappa shape index (κ2) is 10.6. The number of halogens is 2. The summed E-state index contributed by atoms with van der Waals surface area (Å²) in [5, 5.41) is 6.97. The molecule has 0 unspecified atom stereocenters. The van der Waals surface area contributed by atoms with Gasteiger partial charge < -0.3 is 5.32 Å². The zero-order chi connectivity index (χ0) is 28.7. The van der Waals surface area contributed by atoms with Gasteiger partial charge in [-0.05, 0) is 30.5 Å². The predicted octanol–water partition coefficient (Wildman–Crippen LogP) is 1.44. The highest BCUT2D eigenvalue weighted by Crippen LogP contribution is 2.24. The van der Waals surface area contributed by atoms with Gasteiger partial charge in [0.25, 0.3) is 22.0 Å². The fourth-order valence-electron chi connectivity index (χ4n) is 4.55. The maximum Gasteiger partial charge on any atom is 0.284 e. The second-order valence-corrected chi connectivity index (χ2v) is 13.0. The molecule has 1 aromatic carbocycles. The van der Waals surface area contributed by atoms with E-state index < -0.39 is 37.6 Å². The van der Waals surface area contributed by atoms with Gasteiger partial charge in [-0.1, -0.05) is 18.2 Å². The van der Waals surface area contributed by atoms with Crippen molar-refractivity contribution < 1.29 is 25.6 Å². The molecule has 0 amide bonds. The van der Waals surface area contributed by atoms with Crippen LogP contribution < -0.4 is 10.9 Å². The van der Waals surface area contributed by atoms with Crippen LogP contribution in [0.3, 0.4) is 0 Å². The van der Waals surface area contributed by atoms with Crippen molar-refractivity contribution in [3.63, 3.8) is 0 Å². The van der Waals surface area contributed by atoms with E-state index in [0.717, 1.165) is 29.5 Å². The lowest BCUT2D eigenvalue weighted by Crippen LogP contribution is -2.42. The molecule has 5 rings (SSSR count). The van der Waals surface area contributed by atoms with Gasteiger partial charge >= 0.3 is 0 Å². The summed E-state index contributed by atoms with van der Waals surface area (Å²) in [6, 6.07) is 6.69. The summed E-state index contributed by atoms with van der Waals surface area (Å²) in [5.74, 6) is 0.117. The number of sulfonamides is 1. The molecular formula is C23H24F2N8O5S2. The third-order valence-electron chi connectivity index (χ3n) is 6.57. The summed E-state index contributed by atoms with van der Waals surface area (Å²) in [4.78, 5) is 25.3. The molecular weight excluding hydrogens is 570 g/mol. The Hall–Kier alpha value is -3.83. The number of anilines is 1. The Kier molecular flexibility index (Phi) is 7.36. The molecule has 4 heterocycles. The largest absolute Gasteiger partial charge is 0.351 e. The van der Waals surface area contributed by atoms with Crippen LogP contribution >= 0.6 is 0 Å². The molecule has 1 saturated heterocycles. The summed E-state index contributed by atoms with van der Waals surface area (Å²) in [6.45, 7) is 0.232. The minimum absolute atomic E-state index is 0.0217. The Morgan fingerprint density at radius 3 is 2.50 bits per heavy atom. The monoisotopic (exact) mass is 594 g/mol. The third-order valence-corrected chi connectivity index (χ3v) is 9.51. The third kappa shape index (κ3) is 5.44. The molecule has 0 aliphatic carbocycles. The standard InChI is InChI=1S/C23H24F2N8O5S2/c1-39(35,36)31-8-6-17(7-9-31)29-23-27-11-16-10-18(20(24)25)22(34)32(21(16)30-23)12-15-4-2-3-5-19(15)40(37,38)33-14-26-13-28-33/h2-5,10-11,13-14,17,20H,6-9,12H2,1H3,(H,27,29,30). The van der Waals surface area contributed by atoms with Crippen molar-refractivity contribution in [1.82, 2.24) is 33.0 Å². The zero-order valence-corrected chi connectivity index (χ0v) is 22.7. The van der Waals surface area contributed by atoms with Crippen LogP contribution in [0.2, 0.25) is 0 Å². The minimum atomic E-state index is -4.19. The highest BCUT2D eigenvalue weighted by Gasteiger charge is 2.27. The first-order valence-corrected chi connectivity index (χ1v) is 15.3. The van der Waals surface area contributed by atoms with Crippen molar-refractivity contribution >= 4 is 37.0 Å². The Morgan fingerprint density at radius 2 is 1.85 bits per heavy atom. The van der Waals surface area contributed by atoms with E-state index in [1.807, 2.05) is 0 Å². The van der Waals surface area contributed by atoms with Crippen LogP contribution in [0.5, 0.6) is 0 Å². The molecule has 1 aliphatic rings. The number of aromatic nitrogens is 6. The molecule has 212 valence electrons. The average molecular weight is 595 g/mol. The fraction of sp³-hybridized carbons (Fsp3) is 0.348. The van der Waals surface area contributed by atoms with Crippen molar-refractivity contribution in [2.45, 2.75) is 36.7 Å². The molecule has 1 N–H and O–H groups in total. The quantitative estimate of drug-likeness (QED) is 0.316. The Labute approximate surface area is 227 Å². The maximum absolute atomic E-state index is 13.8. The highest BCUT2D eigenvalue weighted by molar-refractivity contribution is 7.90. The minimum Gasteiger partial charge on any atom is -0.351 e. The number of piperidine rings is 1. The molecule has 3 aromatic heterocycles. The van der Waals surface area contributed by atoms with Crippen LogP contribution in [-0.2, 0) is 26.6 Å². The fourth-order valence-corrected chi connectivity index (χ4v) is 6.68. The van der Waals surface area contributed by atoms with E-state index in [2.05, 4.69) is 25.4 Å². The van der Waals surface area contributed by atoms with Crippen LogP contribution in [0.4, 0.5) is 14.7 Å². The van der Waals surface area contributed by atoms with E-state index in [-0.39, 0.29) is 40.0 Å². The molecule has 40 heavy (non-hydrogen) atoms. The summed E-state index contributed by atoms with van der Waals surface area (Å²) in [7, 11) is -7.50. The van der Waals surface area contributed by atoms with E-state index in [4.69, 9.17) is 0 Å². The topological polar surface area (TPSA) is 162 Å². The van der Waals surface area contributed by atoms with Gasteiger partial charge in [0, 0.05) is 30.7 Å². The van der Waals surface area contributed by atoms with Crippen LogP contribution in [0.25, 0.3) is 11.0 Å². The van der Waals surface area contributed by atoms with Crippen molar-refractivity contribution in [1.29, 1.82) is 0 Å². The van der Waals surface area contributed by atoms with E-state index >= 15 is 0 Å². The predicted molar refractivity (Wildman–Crippen MR) is 140 cm³/mol. The van der Waals surface area contributed by atoms with Crippen molar-refractivity contribution in [3.05, 3.63) is 70.7 Å². The van der Waals surface area contributed by atoms with E-state index in [9.17, 15) is 30.4 Å². The maximum atomic E-state index is 13.8. The summed E-state index contributed by atoms with van der Waals surface area (Å²) >= 11 is 0. The van der Waals surface area contributed by atoms with Crippen LogP contribution in [0.15, 0.2) is 58.9 Å². The van der Waals surface area contributed by atoms with Gasteiger partial charge in [0.1, 0.15) is 18.3 Å². The van der Waals surface area contributed by atoms with Gasteiger partial charge in [-0.3, -0.25) is 9.36 Å². The van der Waals surface area contributed by atoms with Crippen molar-refractivity contribution in [3.8, 4) is 0 Å². The molecule has 0 spiro atoms. The lowest BCUT2D eigenvalue weighted by atomic mass is 10.1.